The summed E-state index contributed by atoms with van der Waals surface area (Å²) in [7, 11) is 0. The topological polar surface area (TPSA) is 92.8 Å². The van der Waals surface area contributed by atoms with Gasteiger partial charge in [-0.2, -0.15) is 18.4 Å². The van der Waals surface area contributed by atoms with Crippen LogP contribution in [0.4, 0.5) is 18.9 Å². The maximum absolute atomic E-state index is 13.1. The summed E-state index contributed by atoms with van der Waals surface area (Å²) in [5, 5.41) is 16.7. The van der Waals surface area contributed by atoms with Gasteiger partial charge in [-0.1, -0.05) is 47.7 Å². The number of rotatable bonds is 8. The van der Waals surface area contributed by atoms with Gasteiger partial charge in [0.15, 0.2) is 5.82 Å². The maximum Gasteiger partial charge on any atom is 0.416 e. The molecule has 0 saturated heterocycles. The number of nitrogens with zero attached hydrogens (tertiary/aromatic N) is 3. The summed E-state index contributed by atoms with van der Waals surface area (Å²) in [6.45, 7) is 0. The van der Waals surface area contributed by atoms with Crippen molar-refractivity contribution in [2.75, 3.05) is 5.32 Å². The predicted molar refractivity (Wildman–Crippen MR) is 118 cm³/mol. The van der Waals surface area contributed by atoms with Crippen molar-refractivity contribution in [2.24, 2.45) is 0 Å². The molecule has 7 nitrogen and oxygen atoms in total. The zero-order valence-electron chi connectivity index (χ0n) is 17.8. The number of aromatic amines is 1. The predicted octanol–water partition coefficient (Wildman–Crippen LogP) is 5.37. The number of hydrogen-bond donors (Lipinski definition) is 2. The average Bonchev–Trinajstić information content (AvgIpc) is 3.34. The standard InChI is InChI=1S/C24H20F3N5O2/c25-24(26,27)17-8-4-10-19(14-17)34-20-11-5-9-18(15-20)28-23(33)21(22-29-31-32-30-22)13-12-16-6-2-1-3-7-16/h1-11,14-15,21H,12-13H2,(H,28,33)(H,29,30,31,32). The van der Waals surface area contributed by atoms with Crippen molar-refractivity contribution in [3.8, 4) is 11.5 Å². The van der Waals surface area contributed by atoms with Gasteiger partial charge >= 0.3 is 6.18 Å². The zero-order valence-corrected chi connectivity index (χ0v) is 17.8. The fraction of sp³-hybridized carbons (Fsp3) is 0.167. The van der Waals surface area contributed by atoms with Crippen LogP contribution in [0.3, 0.4) is 0 Å². The fourth-order valence-electron chi connectivity index (χ4n) is 3.39. The molecule has 0 bridgehead atoms. The zero-order chi connectivity index (χ0) is 24.0. The molecule has 0 fully saturated rings. The van der Waals surface area contributed by atoms with Gasteiger partial charge < -0.3 is 10.1 Å². The van der Waals surface area contributed by atoms with Crippen molar-refractivity contribution in [1.29, 1.82) is 0 Å². The van der Waals surface area contributed by atoms with E-state index in [1.54, 1.807) is 18.2 Å². The molecule has 0 aliphatic carbocycles. The van der Waals surface area contributed by atoms with E-state index in [-0.39, 0.29) is 23.2 Å². The lowest BCUT2D eigenvalue weighted by Gasteiger charge is -2.15. The number of ether oxygens (including phenoxy) is 1. The summed E-state index contributed by atoms with van der Waals surface area (Å²) in [4.78, 5) is 13.1. The summed E-state index contributed by atoms with van der Waals surface area (Å²) >= 11 is 0. The van der Waals surface area contributed by atoms with E-state index in [1.807, 2.05) is 30.3 Å². The Labute approximate surface area is 193 Å². The van der Waals surface area contributed by atoms with Crippen molar-refractivity contribution in [2.45, 2.75) is 24.9 Å². The highest BCUT2D eigenvalue weighted by Crippen LogP contribution is 2.33. The first-order valence-electron chi connectivity index (χ1n) is 10.4. The Morgan fingerprint density at radius 2 is 1.71 bits per heavy atom. The Morgan fingerprint density at radius 3 is 2.41 bits per heavy atom. The van der Waals surface area contributed by atoms with Gasteiger partial charge in [0.05, 0.1) is 5.56 Å². The first-order valence-corrected chi connectivity index (χ1v) is 10.4. The Bertz CT molecular complexity index is 1230. The lowest BCUT2D eigenvalue weighted by Crippen LogP contribution is -2.23. The largest absolute Gasteiger partial charge is 0.457 e. The number of tetrazole rings is 1. The number of carbonyl (C=O) groups is 1. The number of amides is 1. The molecule has 10 heteroatoms. The number of benzene rings is 3. The molecule has 3 aromatic carbocycles. The number of H-pyrrole nitrogens is 1. The van der Waals surface area contributed by atoms with Gasteiger partial charge in [0.1, 0.15) is 17.4 Å². The second kappa shape index (κ2) is 10.2. The van der Waals surface area contributed by atoms with Crippen LogP contribution in [0.15, 0.2) is 78.9 Å². The van der Waals surface area contributed by atoms with Crippen LogP contribution < -0.4 is 10.1 Å². The number of aryl methyl sites for hydroxylation is 1. The van der Waals surface area contributed by atoms with Gasteiger partial charge in [0, 0.05) is 11.8 Å². The molecule has 1 heterocycles. The van der Waals surface area contributed by atoms with Crippen molar-refractivity contribution in [3.05, 3.63) is 95.8 Å². The maximum atomic E-state index is 13.1. The molecule has 0 saturated carbocycles. The van der Waals surface area contributed by atoms with E-state index in [9.17, 15) is 18.0 Å². The molecule has 0 radical (unpaired) electrons. The smallest absolute Gasteiger partial charge is 0.416 e. The average molecular weight is 467 g/mol. The molecule has 34 heavy (non-hydrogen) atoms. The second-order valence-electron chi connectivity index (χ2n) is 7.49. The van der Waals surface area contributed by atoms with Crippen LogP contribution in [0, 0.1) is 0 Å². The third kappa shape index (κ3) is 5.97. The van der Waals surface area contributed by atoms with Crippen LogP contribution in [-0.2, 0) is 17.4 Å². The number of nitrogens with one attached hydrogen (secondary N) is 2. The third-order valence-corrected chi connectivity index (χ3v) is 5.05. The number of anilines is 1. The molecule has 0 aliphatic heterocycles. The molecular weight excluding hydrogens is 447 g/mol. The van der Waals surface area contributed by atoms with E-state index in [0.717, 1.165) is 17.7 Å². The first-order chi connectivity index (χ1) is 16.4. The summed E-state index contributed by atoms with van der Waals surface area (Å²) in [6, 6.07) is 20.7. The molecule has 174 valence electrons. The van der Waals surface area contributed by atoms with Crippen LogP contribution in [0.25, 0.3) is 0 Å². The van der Waals surface area contributed by atoms with Crippen molar-refractivity contribution < 1.29 is 22.7 Å². The Hall–Kier alpha value is -4.21. The summed E-state index contributed by atoms with van der Waals surface area (Å²) in [5.74, 6) is -0.422. The van der Waals surface area contributed by atoms with E-state index in [4.69, 9.17) is 4.74 Å². The number of hydrogen-bond acceptors (Lipinski definition) is 5. The number of alkyl halides is 3. The SMILES string of the molecule is O=C(Nc1cccc(Oc2cccc(C(F)(F)F)c2)c1)C(CCc1ccccc1)c1nn[nH]n1. The van der Waals surface area contributed by atoms with Crippen molar-refractivity contribution >= 4 is 11.6 Å². The highest BCUT2D eigenvalue weighted by Gasteiger charge is 2.30. The van der Waals surface area contributed by atoms with Crippen LogP contribution in [0.2, 0.25) is 0 Å². The highest BCUT2D eigenvalue weighted by atomic mass is 19.4. The molecule has 1 aromatic heterocycles. The fourth-order valence-corrected chi connectivity index (χ4v) is 3.39. The van der Waals surface area contributed by atoms with Gasteiger partial charge in [-0.25, -0.2) is 0 Å². The van der Waals surface area contributed by atoms with Gasteiger partial charge in [-0.05, 0) is 48.7 Å². The van der Waals surface area contributed by atoms with Gasteiger partial charge in [-0.3, -0.25) is 4.79 Å². The van der Waals surface area contributed by atoms with Gasteiger partial charge in [0.2, 0.25) is 5.91 Å². The molecule has 0 aliphatic rings. The molecule has 4 rings (SSSR count). The molecule has 1 atom stereocenters. The van der Waals surface area contributed by atoms with E-state index in [2.05, 4.69) is 25.9 Å². The molecule has 2 N–H and O–H groups in total. The van der Waals surface area contributed by atoms with E-state index in [0.29, 0.717) is 18.5 Å². The van der Waals surface area contributed by atoms with Crippen LogP contribution in [-0.4, -0.2) is 26.5 Å². The summed E-state index contributed by atoms with van der Waals surface area (Å²) in [6.07, 6.45) is -3.39. The number of aromatic nitrogens is 4. The Balaban J connectivity index is 1.47. The Morgan fingerprint density at radius 1 is 0.971 bits per heavy atom. The number of carbonyl (C=O) groups excluding carboxylic acids is 1. The van der Waals surface area contributed by atoms with E-state index < -0.39 is 17.7 Å². The van der Waals surface area contributed by atoms with Crippen LogP contribution in [0.5, 0.6) is 11.5 Å². The lowest BCUT2D eigenvalue weighted by molar-refractivity contribution is -0.137. The van der Waals surface area contributed by atoms with Crippen molar-refractivity contribution in [1.82, 2.24) is 20.6 Å². The molecule has 1 unspecified atom stereocenters. The van der Waals surface area contributed by atoms with Crippen LogP contribution in [0.1, 0.15) is 29.3 Å². The Kier molecular flexibility index (Phi) is 6.86. The van der Waals surface area contributed by atoms with E-state index in [1.165, 1.54) is 18.2 Å². The van der Waals surface area contributed by atoms with Gasteiger partial charge in [0.25, 0.3) is 0 Å². The lowest BCUT2D eigenvalue weighted by atomic mass is 9.98. The quantitative estimate of drug-likeness (QED) is 0.364. The minimum Gasteiger partial charge on any atom is -0.457 e. The summed E-state index contributed by atoms with van der Waals surface area (Å²) < 4.78 is 44.5. The normalized spacial score (nSPS) is 12.2. The van der Waals surface area contributed by atoms with Crippen molar-refractivity contribution in [3.63, 3.8) is 0 Å². The monoisotopic (exact) mass is 467 g/mol. The van der Waals surface area contributed by atoms with Gasteiger partial charge in [-0.15, -0.1) is 10.2 Å². The van der Waals surface area contributed by atoms with E-state index >= 15 is 0 Å². The summed E-state index contributed by atoms with van der Waals surface area (Å²) in [5.41, 5.74) is 0.679. The third-order valence-electron chi connectivity index (χ3n) is 5.05. The molecule has 0 spiro atoms. The first kappa shape index (κ1) is 23.0. The highest BCUT2D eigenvalue weighted by molar-refractivity contribution is 5.95. The molecule has 4 aromatic rings. The minimum absolute atomic E-state index is 0.0332. The molecular formula is C24H20F3N5O2. The number of halogens is 3. The minimum atomic E-state index is -4.47. The molecule has 1 amide bonds. The second-order valence-corrected chi connectivity index (χ2v) is 7.49. The van der Waals surface area contributed by atoms with Crippen LogP contribution >= 0.6 is 0 Å².